The van der Waals surface area contributed by atoms with Crippen LogP contribution in [-0.2, 0) is 13.1 Å². The van der Waals surface area contributed by atoms with Gasteiger partial charge in [-0.3, -0.25) is 0 Å². The van der Waals surface area contributed by atoms with E-state index in [2.05, 4.69) is 5.32 Å². The zero-order valence-corrected chi connectivity index (χ0v) is 12.2. The van der Waals surface area contributed by atoms with E-state index in [4.69, 9.17) is 4.42 Å². The average Bonchev–Trinajstić information content (AvgIpc) is 2.82. The first-order chi connectivity index (χ1) is 9.61. The van der Waals surface area contributed by atoms with Gasteiger partial charge in [0.1, 0.15) is 17.3 Å². The molecule has 0 atom stereocenters. The highest BCUT2D eigenvalue weighted by Crippen LogP contribution is 2.24. The van der Waals surface area contributed by atoms with Crippen molar-refractivity contribution in [3.8, 4) is 0 Å². The Balaban J connectivity index is 2.20. The van der Waals surface area contributed by atoms with Gasteiger partial charge in [-0.15, -0.1) is 0 Å². The monoisotopic (exact) mass is 276 g/mol. The molecule has 1 N–H and O–H groups in total. The van der Waals surface area contributed by atoms with Crippen LogP contribution in [0.2, 0.25) is 0 Å². The third-order valence-corrected chi connectivity index (χ3v) is 3.25. The summed E-state index contributed by atoms with van der Waals surface area (Å²) in [5.41, 5.74) is 1.58. The highest BCUT2D eigenvalue weighted by molar-refractivity contribution is 5.53. The first-order valence-electron chi connectivity index (χ1n) is 6.86. The maximum absolute atomic E-state index is 14.0. The molecule has 3 nitrogen and oxygen atoms in total. The van der Waals surface area contributed by atoms with Crippen LogP contribution < -0.4 is 10.2 Å². The zero-order valence-electron chi connectivity index (χ0n) is 12.2. The number of rotatable bonds is 6. The number of anilines is 1. The summed E-state index contributed by atoms with van der Waals surface area (Å²) in [6.07, 6.45) is 0. The Kier molecular flexibility index (Phi) is 4.79. The molecule has 0 fully saturated rings. The molecule has 0 saturated carbocycles. The van der Waals surface area contributed by atoms with Crippen LogP contribution in [0, 0.1) is 12.7 Å². The van der Waals surface area contributed by atoms with Crippen LogP contribution in [0.25, 0.3) is 0 Å². The van der Waals surface area contributed by atoms with Crippen molar-refractivity contribution in [3.63, 3.8) is 0 Å². The maximum atomic E-state index is 14.0. The van der Waals surface area contributed by atoms with Crippen LogP contribution in [-0.4, -0.2) is 13.6 Å². The summed E-state index contributed by atoms with van der Waals surface area (Å²) in [6, 6.07) is 9.07. The summed E-state index contributed by atoms with van der Waals surface area (Å²) in [5, 5.41) is 3.18. The van der Waals surface area contributed by atoms with Gasteiger partial charge in [0.05, 0.1) is 6.54 Å². The second-order valence-corrected chi connectivity index (χ2v) is 4.89. The Morgan fingerprint density at radius 1 is 1.25 bits per heavy atom. The van der Waals surface area contributed by atoms with E-state index in [9.17, 15) is 4.39 Å². The molecule has 1 aromatic carbocycles. The van der Waals surface area contributed by atoms with Crippen molar-refractivity contribution in [1.82, 2.24) is 5.32 Å². The third kappa shape index (κ3) is 3.39. The summed E-state index contributed by atoms with van der Waals surface area (Å²) in [5.74, 6) is 1.59. The lowest BCUT2D eigenvalue weighted by atomic mass is 10.1. The molecule has 0 bridgehead atoms. The van der Waals surface area contributed by atoms with E-state index < -0.39 is 0 Å². The summed E-state index contributed by atoms with van der Waals surface area (Å²) < 4.78 is 19.6. The maximum Gasteiger partial charge on any atom is 0.129 e. The van der Waals surface area contributed by atoms with Crippen molar-refractivity contribution in [2.24, 2.45) is 0 Å². The van der Waals surface area contributed by atoms with Crippen molar-refractivity contribution < 1.29 is 8.81 Å². The van der Waals surface area contributed by atoms with Gasteiger partial charge >= 0.3 is 0 Å². The molecule has 0 aliphatic rings. The van der Waals surface area contributed by atoms with Crippen molar-refractivity contribution in [1.29, 1.82) is 0 Å². The van der Waals surface area contributed by atoms with Gasteiger partial charge in [0.15, 0.2) is 0 Å². The minimum absolute atomic E-state index is 0.175. The molecule has 20 heavy (non-hydrogen) atoms. The SMILES string of the molecule is CCNCc1c(F)cccc1N(C)Cc1ccc(C)o1. The van der Waals surface area contributed by atoms with Crippen molar-refractivity contribution in [3.05, 3.63) is 53.2 Å². The van der Waals surface area contributed by atoms with E-state index in [0.717, 1.165) is 23.8 Å². The van der Waals surface area contributed by atoms with Gasteiger partial charge < -0.3 is 14.6 Å². The van der Waals surface area contributed by atoms with Gasteiger partial charge in [0.2, 0.25) is 0 Å². The van der Waals surface area contributed by atoms with Crippen LogP contribution in [0.4, 0.5) is 10.1 Å². The average molecular weight is 276 g/mol. The molecule has 0 aliphatic carbocycles. The number of halogens is 1. The van der Waals surface area contributed by atoms with Crippen LogP contribution in [0.1, 0.15) is 24.0 Å². The second-order valence-electron chi connectivity index (χ2n) is 4.89. The van der Waals surface area contributed by atoms with Crippen LogP contribution in [0.5, 0.6) is 0 Å². The largest absolute Gasteiger partial charge is 0.464 e. The Bertz CT molecular complexity index is 565. The van der Waals surface area contributed by atoms with Gasteiger partial charge in [-0.25, -0.2) is 4.39 Å². The summed E-state index contributed by atoms with van der Waals surface area (Å²) >= 11 is 0. The van der Waals surface area contributed by atoms with Gasteiger partial charge in [0, 0.05) is 24.8 Å². The van der Waals surface area contributed by atoms with E-state index in [1.54, 1.807) is 6.07 Å². The molecule has 1 aromatic heterocycles. The van der Waals surface area contributed by atoms with E-state index in [0.29, 0.717) is 18.7 Å². The Morgan fingerprint density at radius 2 is 2.05 bits per heavy atom. The molecular formula is C16H21FN2O. The first kappa shape index (κ1) is 14.6. The number of nitrogens with one attached hydrogen (secondary N) is 1. The lowest BCUT2D eigenvalue weighted by Gasteiger charge is -2.22. The number of hydrogen-bond acceptors (Lipinski definition) is 3. The molecule has 4 heteroatoms. The number of nitrogens with zero attached hydrogens (tertiary/aromatic N) is 1. The molecule has 0 spiro atoms. The molecule has 0 radical (unpaired) electrons. The van der Waals surface area contributed by atoms with Crippen LogP contribution >= 0.6 is 0 Å². The van der Waals surface area contributed by atoms with Crippen LogP contribution in [0.15, 0.2) is 34.7 Å². The molecule has 108 valence electrons. The highest BCUT2D eigenvalue weighted by Gasteiger charge is 2.13. The molecule has 2 aromatic rings. The zero-order chi connectivity index (χ0) is 14.5. The lowest BCUT2D eigenvalue weighted by molar-refractivity contribution is 0.481. The van der Waals surface area contributed by atoms with Gasteiger partial charge in [-0.05, 0) is 37.7 Å². The van der Waals surface area contributed by atoms with E-state index in [1.165, 1.54) is 6.07 Å². The third-order valence-electron chi connectivity index (χ3n) is 3.25. The van der Waals surface area contributed by atoms with Gasteiger partial charge in [-0.1, -0.05) is 13.0 Å². The molecule has 0 unspecified atom stereocenters. The molecule has 0 amide bonds. The molecule has 1 heterocycles. The molecule has 0 saturated heterocycles. The summed E-state index contributed by atoms with van der Waals surface area (Å²) in [7, 11) is 1.95. The standard InChI is InChI=1S/C16H21FN2O/c1-4-18-10-14-15(17)6-5-7-16(14)19(3)11-13-9-8-12(2)20-13/h5-9,18H,4,10-11H2,1-3H3. The fourth-order valence-electron chi connectivity index (χ4n) is 2.22. The van der Waals surface area contributed by atoms with Crippen LogP contribution in [0.3, 0.4) is 0 Å². The number of furan rings is 1. The van der Waals surface area contributed by atoms with Crippen molar-refractivity contribution >= 4 is 5.69 Å². The first-order valence-corrected chi connectivity index (χ1v) is 6.86. The molecule has 0 aliphatic heterocycles. The predicted octanol–water partition coefficient (Wildman–Crippen LogP) is 3.47. The van der Waals surface area contributed by atoms with Gasteiger partial charge in [0.25, 0.3) is 0 Å². The Morgan fingerprint density at radius 3 is 2.70 bits per heavy atom. The lowest BCUT2D eigenvalue weighted by Crippen LogP contribution is -2.21. The highest BCUT2D eigenvalue weighted by atomic mass is 19.1. The Hall–Kier alpha value is -1.81. The summed E-state index contributed by atoms with van der Waals surface area (Å²) in [6.45, 7) is 5.89. The fourth-order valence-corrected chi connectivity index (χ4v) is 2.22. The molecular weight excluding hydrogens is 255 g/mol. The van der Waals surface area contributed by atoms with Crippen molar-refractivity contribution in [2.45, 2.75) is 26.9 Å². The van der Waals surface area contributed by atoms with Gasteiger partial charge in [-0.2, -0.15) is 0 Å². The quantitative estimate of drug-likeness (QED) is 0.875. The Labute approximate surface area is 119 Å². The second kappa shape index (κ2) is 6.57. The summed E-state index contributed by atoms with van der Waals surface area (Å²) in [4.78, 5) is 2.01. The molecule has 2 rings (SSSR count). The topological polar surface area (TPSA) is 28.4 Å². The normalized spacial score (nSPS) is 10.8. The number of aryl methyl sites for hydroxylation is 1. The van der Waals surface area contributed by atoms with Crippen molar-refractivity contribution in [2.75, 3.05) is 18.5 Å². The van der Waals surface area contributed by atoms with E-state index in [1.807, 2.05) is 44.0 Å². The number of benzene rings is 1. The number of hydrogen-bond donors (Lipinski definition) is 1. The fraction of sp³-hybridized carbons (Fsp3) is 0.375. The smallest absolute Gasteiger partial charge is 0.129 e. The van der Waals surface area contributed by atoms with E-state index in [-0.39, 0.29) is 5.82 Å². The predicted molar refractivity (Wildman–Crippen MR) is 79.3 cm³/mol. The minimum atomic E-state index is -0.175. The van der Waals surface area contributed by atoms with E-state index >= 15 is 0 Å². The minimum Gasteiger partial charge on any atom is -0.464 e.